The van der Waals surface area contributed by atoms with Gasteiger partial charge in [0.25, 0.3) is 0 Å². The fourth-order valence-electron chi connectivity index (χ4n) is 3.39. The molecule has 0 saturated heterocycles. The molecule has 6 heteroatoms. The van der Waals surface area contributed by atoms with E-state index >= 15 is 0 Å². The van der Waals surface area contributed by atoms with Gasteiger partial charge in [0.2, 0.25) is 0 Å². The fraction of sp³-hybridized carbons (Fsp3) is 0.174. The smallest absolute Gasteiger partial charge is 0.323 e. The molecule has 1 aliphatic heterocycles. The molecule has 0 radical (unpaired) electrons. The van der Waals surface area contributed by atoms with E-state index in [1.54, 1.807) is 0 Å². The molecule has 0 bridgehead atoms. The highest BCUT2D eigenvalue weighted by atomic mass is 16.2. The van der Waals surface area contributed by atoms with Crippen LogP contribution in [0, 0.1) is 0 Å². The molecular formula is C23H25N5O. The van der Waals surface area contributed by atoms with Crippen LogP contribution in [0.25, 0.3) is 0 Å². The van der Waals surface area contributed by atoms with Crippen LogP contribution >= 0.6 is 0 Å². The Morgan fingerprint density at radius 3 is 2.48 bits per heavy atom. The topological polar surface area (TPSA) is 77.2 Å². The molecule has 0 aromatic heterocycles. The Kier molecular flexibility index (Phi) is 5.63. The van der Waals surface area contributed by atoms with E-state index in [-0.39, 0.29) is 12.1 Å². The van der Waals surface area contributed by atoms with Gasteiger partial charge in [0.15, 0.2) is 0 Å². The number of fused-ring (bicyclic) bond motifs is 1. The normalized spacial score (nSPS) is 13.6. The lowest BCUT2D eigenvalue weighted by molar-refractivity contribution is 0.262. The zero-order valence-electron chi connectivity index (χ0n) is 16.3. The van der Waals surface area contributed by atoms with E-state index in [9.17, 15) is 4.79 Å². The van der Waals surface area contributed by atoms with Gasteiger partial charge in [-0.15, -0.1) is 0 Å². The summed E-state index contributed by atoms with van der Waals surface area (Å²) in [5.41, 5.74) is 5.91. The Bertz CT molecular complexity index is 990. The van der Waals surface area contributed by atoms with Crippen molar-refractivity contribution in [2.75, 3.05) is 27.9 Å². The van der Waals surface area contributed by atoms with Crippen LogP contribution in [0.1, 0.15) is 24.1 Å². The number of para-hydroxylation sites is 1. The Balaban J connectivity index is 1.39. The average Bonchev–Trinajstić information content (AvgIpc) is 2.74. The predicted molar refractivity (Wildman–Crippen MR) is 119 cm³/mol. The van der Waals surface area contributed by atoms with Gasteiger partial charge in [0, 0.05) is 35.3 Å². The predicted octanol–water partition coefficient (Wildman–Crippen LogP) is 4.98. The number of rotatable bonds is 5. The molecule has 6 nitrogen and oxygen atoms in total. The Hall–Kier alpha value is -3.51. The van der Waals surface area contributed by atoms with E-state index < -0.39 is 0 Å². The summed E-state index contributed by atoms with van der Waals surface area (Å²) in [5.74, 6) is 0. The second-order valence-electron chi connectivity index (χ2n) is 7.09. The second kappa shape index (κ2) is 8.67. The van der Waals surface area contributed by atoms with Crippen LogP contribution in [0.3, 0.4) is 0 Å². The molecule has 5 N–H and O–H groups in total. The molecule has 0 spiro atoms. The van der Waals surface area contributed by atoms with E-state index in [0.717, 1.165) is 47.1 Å². The SMILES string of the molecule is CC(Nc1ccccc1)c1cccc(NC(=O)Nc2ccc3c(c2)CNCN3)c1. The highest BCUT2D eigenvalue weighted by molar-refractivity contribution is 6.00. The van der Waals surface area contributed by atoms with Crippen molar-refractivity contribution in [3.8, 4) is 0 Å². The lowest BCUT2D eigenvalue weighted by Crippen LogP contribution is -2.27. The first-order chi connectivity index (χ1) is 14.2. The monoisotopic (exact) mass is 387 g/mol. The molecule has 29 heavy (non-hydrogen) atoms. The van der Waals surface area contributed by atoms with Crippen molar-refractivity contribution < 1.29 is 4.79 Å². The summed E-state index contributed by atoms with van der Waals surface area (Å²) < 4.78 is 0. The van der Waals surface area contributed by atoms with E-state index in [2.05, 4.69) is 33.5 Å². The number of anilines is 4. The highest BCUT2D eigenvalue weighted by Gasteiger charge is 2.11. The van der Waals surface area contributed by atoms with Crippen LogP contribution in [0.15, 0.2) is 72.8 Å². The fourth-order valence-corrected chi connectivity index (χ4v) is 3.39. The van der Waals surface area contributed by atoms with Gasteiger partial charge in [-0.25, -0.2) is 4.79 Å². The van der Waals surface area contributed by atoms with Gasteiger partial charge in [-0.05, 0) is 60.5 Å². The van der Waals surface area contributed by atoms with E-state index in [1.165, 1.54) is 0 Å². The van der Waals surface area contributed by atoms with Crippen molar-refractivity contribution >= 4 is 28.8 Å². The van der Waals surface area contributed by atoms with Gasteiger partial charge in [-0.3, -0.25) is 5.32 Å². The van der Waals surface area contributed by atoms with E-state index in [1.807, 2.05) is 72.8 Å². The molecule has 3 aromatic rings. The lowest BCUT2D eigenvalue weighted by Gasteiger charge is -2.20. The van der Waals surface area contributed by atoms with Crippen LogP contribution in [-0.2, 0) is 6.54 Å². The van der Waals surface area contributed by atoms with Crippen LogP contribution in [0.5, 0.6) is 0 Å². The van der Waals surface area contributed by atoms with Crippen molar-refractivity contribution in [3.05, 3.63) is 83.9 Å². The van der Waals surface area contributed by atoms with Crippen LogP contribution in [0.4, 0.5) is 27.5 Å². The minimum atomic E-state index is -0.262. The number of urea groups is 1. The molecule has 3 aromatic carbocycles. The third-order valence-electron chi connectivity index (χ3n) is 4.88. The third kappa shape index (κ3) is 4.86. The van der Waals surface area contributed by atoms with Crippen molar-refractivity contribution in [2.24, 2.45) is 0 Å². The van der Waals surface area contributed by atoms with Gasteiger partial charge in [-0.1, -0.05) is 30.3 Å². The molecule has 0 fully saturated rings. The average molecular weight is 387 g/mol. The maximum Gasteiger partial charge on any atom is 0.323 e. The quantitative estimate of drug-likeness (QED) is 0.428. The van der Waals surface area contributed by atoms with Crippen molar-refractivity contribution in [1.82, 2.24) is 5.32 Å². The Labute approximate surface area is 170 Å². The first-order valence-corrected chi connectivity index (χ1v) is 9.74. The number of hydrogen-bond donors (Lipinski definition) is 5. The van der Waals surface area contributed by atoms with Crippen LogP contribution in [-0.4, -0.2) is 12.7 Å². The molecule has 1 atom stereocenters. The number of hydrogen-bond acceptors (Lipinski definition) is 4. The summed E-state index contributed by atoms with van der Waals surface area (Å²) in [7, 11) is 0. The number of carbonyl (C=O) groups excluding carboxylic acids is 1. The largest absolute Gasteiger partial charge is 0.379 e. The number of nitrogens with one attached hydrogen (secondary N) is 5. The van der Waals surface area contributed by atoms with Gasteiger partial charge in [0.05, 0.1) is 6.67 Å². The van der Waals surface area contributed by atoms with Crippen molar-refractivity contribution in [3.63, 3.8) is 0 Å². The maximum atomic E-state index is 12.5. The van der Waals surface area contributed by atoms with Gasteiger partial charge in [-0.2, -0.15) is 0 Å². The first-order valence-electron chi connectivity index (χ1n) is 9.74. The van der Waals surface area contributed by atoms with Crippen molar-refractivity contribution in [1.29, 1.82) is 0 Å². The number of amides is 2. The number of benzene rings is 3. The van der Waals surface area contributed by atoms with E-state index in [4.69, 9.17) is 0 Å². The molecular weight excluding hydrogens is 362 g/mol. The minimum absolute atomic E-state index is 0.114. The standard InChI is InChI=1S/C23H25N5O/c1-16(26-19-7-3-2-4-8-19)17-6-5-9-20(12-17)27-23(29)28-21-10-11-22-18(13-21)14-24-15-25-22/h2-13,16,24-26H,14-15H2,1H3,(H2,27,28,29). The van der Waals surface area contributed by atoms with E-state index in [0.29, 0.717) is 0 Å². The molecule has 148 valence electrons. The zero-order chi connectivity index (χ0) is 20.1. The van der Waals surface area contributed by atoms with Crippen molar-refractivity contribution in [2.45, 2.75) is 19.5 Å². The second-order valence-corrected chi connectivity index (χ2v) is 7.09. The van der Waals surface area contributed by atoms with Crippen LogP contribution < -0.4 is 26.6 Å². The van der Waals surface area contributed by atoms with Gasteiger partial charge < -0.3 is 21.3 Å². The van der Waals surface area contributed by atoms with Gasteiger partial charge in [0.1, 0.15) is 0 Å². The minimum Gasteiger partial charge on any atom is -0.379 e. The zero-order valence-corrected chi connectivity index (χ0v) is 16.3. The third-order valence-corrected chi connectivity index (χ3v) is 4.88. The molecule has 4 rings (SSSR count). The summed E-state index contributed by atoms with van der Waals surface area (Å²) in [6.07, 6.45) is 0. The Morgan fingerprint density at radius 1 is 0.897 bits per heavy atom. The molecule has 2 amide bonds. The summed E-state index contributed by atoms with van der Waals surface area (Å²) >= 11 is 0. The maximum absolute atomic E-state index is 12.5. The van der Waals surface area contributed by atoms with Gasteiger partial charge >= 0.3 is 6.03 Å². The molecule has 1 heterocycles. The first kappa shape index (κ1) is 18.8. The van der Waals surface area contributed by atoms with Crippen LogP contribution in [0.2, 0.25) is 0 Å². The summed E-state index contributed by atoms with van der Waals surface area (Å²) in [5, 5.41) is 15.8. The number of carbonyl (C=O) groups is 1. The Morgan fingerprint density at radius 2 is 1.66 bits per heavy atom. The highest BCUT2D eigenvalue weighted by Crippen LogP contribution is 2.24. The molecule has 1 aliphatic rings. The summed E-state index contributed by atoms with van der Waals surface area (Å²) in [6.45, 7) is 3.64. The lowest BCUT2D eigenvalue weighted by atomic mass is 10.1. The molecule has 0 aliphatic carbocycles. The molecule has 1 unspecified atom stereocenters. The molecule has 0 saturated carbocycles. The summed E-state index contributed by atoms with van der Waals surface area (Å²) in [6, 6.07) is 23.7. The summed E-state index contributed by atoms with van der Waals surface area (Å²) in [4.78, 5) is 12.5.